The molecule has 0 bridgehead atoms. The first-order valence-electron chi connectivity index (χ1n) is 8.69. The van der Waals surface area contributed by atoms with Gasteiger partial charge in [-0.3, -0.25) is 0 Å². The molecule has 22 heavy (non-hydrogen) atoms. The number of hydrogen-bond donors (Lipinski definition) is 1. The number of rotatable bonds is 7. The molecule has 0 unspecified atom stereocenters. The van der Waals surface area contributed by atoms with Crippen LogP contribution in [0.15, 0.2) is 0 Å². The van der Waals surface area contributed by atoms with Crippen molar-refractivity contribution in [1.82, 2.24) is 0 Å². The fourth-order valence-electron chi connectivity index (χ4n) is 3.30. The standard InChI is InChI=1S/C18H38O2Si2/c1-14(2)22(15(3)4,16(5)6)20-13-18(19)17(7)11-12-21(8,9)10/h14-19H,13H2,1-10H3/t17-,18-/m0/s1. The molecule has 130 valence electrons. The Morgan fingerprint density at radius 2 is 1.27 bits per heavy atom. The molecular weight excluding hydrogens is 304 g/mol. The first kappa shape index (κ1) is 21.9. The highest BCUT2D eigenvalue weighted by molar-refractivity contribution is 6.83. The predicted octanol–water partition coefficient (Wildman–Crippen LogP) is 5.06. The van der Waals surface area contributed by atoms with E-state index in [1.807, 2.05) is 6.92 Å². The van der Waals surface area contributed by atoms with Crippen molar-refractivity contribution in [3.05, 3.63) is 0 Å². The molecule has 2 nitrogen and oxygen atoms in total. The Balaban J connectivity index is 4.96. The Hall–Kier alpha value is -0.0862. The summed E-state index contributed by atoms with van der Waals surface area (Å²) >= 11 is 0. The molecule has 0 saturated carbocycles. The molecule has 0 aromatic carbocycles. The maximum atomic E-state index is 10.4. The monoisotopic (exact) mass is 342 g/mol. The van der Waals surface area contributed by atoms with E-state index in [4.69, 9.17) is 4.43 Å². The Kier molecular flexibility index (Phi) is 8.64. The van der Waals surface area contributed by atoms with Crippen LogP contribution in [0.4, 0.5) is 0 Å². The molecule has 2 atom stereocenters. The normalized spacial score (nSPS) is 15.9. The Morgan fingerprint density at radius 1 is 0.864 bits per heavy atom. The zero-order valence-electron chi connectivity index (χ0n) is 16.4. The second-order valence-corrected chi connectivity index (χ2v) is 18.7. The fraction of sp³-hybridized carbons (Fsp3) is 0.889. The molecule has 0 aromatic rings. The van der Waals surface area contributed by atoms with Crippen molar-refractivity contribution in [1.29, 1.82) is 0 Å². The third-order valence-electron chi connectivity index (χ3n) is 4.46. The molecule has 0 rings (SSSR count). The van der Waals surface area contributed by atoms with Crippen LogP contribution in [0.5, 0.6) is 0 Å². The van der Waals surface area contributed by atoms with Gasteiger partial charge in [0.15, 0.2) is 8.32 Å². The SMILES string of the molecule is CC(C)[Si](OC[C@H](O)[C@@H](C)C#C[Si](C)(C)C)(C(C)C)C(C)C. The predicted molar refractivity (Wildman–Crippen MR) is 103 cm³/mol. The Bertz CT molecular complexity index is 364. The summed E-state index contributed by atoms with van der Waals surface area (Å²) < 4.78 is 6.46. The van der Waals surface area contributed by atoms with Gasteiger partial charge in [-0.05, 0) is 23.5 Å². The molecule has 0 fully saturated rings. The van der Waals surface area contributed by atoms with Crippen LogP contribution < -0.4 is 0 Å². The van der Waals surface area contributed by atoms with Gasteiger partial charge in [0.2, 0.25) is 0 Å². The van der Waals surface area contributed by atoms with Gasteiger partial charge in [-0.1, -0.05) is 61.2 Å². The van der Waals surface area contributed by atoms with E-state index in [1.165, 1.54) is 0 Å². The fourth-order valence-corrected chi connectivity index (χ4v) is 9.42. The minimum absolute atomic E-state index is 0.0232. The quantitative estimate of drug-likeness (QED) is 0.518. The van der Waals surface area contributed by atoms with Crippen molar-refractivity contribution in [2.75, 3.05) is 6.61 Å². The Morgan fingerprint density at radius 3 is 1.59 bits per heavy atom. The number of aliphatic hydroxyl groups excluding tert-OH is 1. The molecule has 0 amide bonds. The number of aliphatic hydroxyl groups is 1. The van der Waals surface area contributed by atoms with Gasteiger partial charge in [0.05, 0.1) is 12.7 Å². The van der Waals surface area contributed by atoms with Crippen LogP contribution in [0.25, 0.3) is 0 Å². The maximum Gasteiger partial charge on any atom is 0.200 e. The van der Waals surface area contributed by atoms with Gasteiger partial charge in [0.1, 0.15) is 8.07 Å². The van der Waals surface area contributed by atoms with E-state index in [0.717, 1.165) is 0 Å². The highest BCUT2D eigenvalue weighted by Gasteiger charge is 2.45. The van der Waals surface area contributed by atoms with Gasteiger partial charge in [-0.25, -0.2) is 0 Å². The second-order valence-electron chi connectivity index (χ2n) is 8.50. The molecule has 1 N–H and O–H groups in total. The lowest BCUT2D eigenvalue weighted by Gasteiger charge is -2.42. The summed E-state index contributed by atoms with van der Waals surface area (Å²) in [5.41, 5.74) is 4.99. The zero-order valence-corrected chi connectivity index (χ0v) is 18.4. The molecule has 4 heteroatoms. The third-order valence-corrected chi connectivity index (χ3v) is 11.4. The zero-order chi connectivity index (χ0) is 17.7. The van der Waals surface area contributed by atoms with Crippen molar-refractivity contribution in [2.24, 2.45) is 5.92 Å². The highest BCUT2D eigenvalue weighted by Crippen LogP contribution is 2.42. The smallest absolute Gasteiger partial charge is 0.200 e. The van der Waals surface area contributed by atoms with Crippen LogP contribution in [-0.2, 0) is 4.43 Å². The highest BCUT2D eigenvalue weighted by atomic mass is 28.4. The van der Waals surface area contributed by atoms with Crippen LogP contribution >= 0.6 is 0 Å². The second kappa shape index (κ2) is 8.68. The summed E-state index contributed by atoms with van der Waals surface area (Å²) in [6, 6.07) is 0. The summed E-state index contributed by atoms with van der Waals surface area (Å²) in [7, 11) is -3.28. The minimum atomic E-state index is -1.90. The molecule has 0 aliphatic carbocycles. The first-order valence-corrected chi connectivity index (χ1v) is 14.3. The summed E-state index contributed by atoms with van der Waals surface area (Å²) in [6.45, 7) is 22.7. The van der Waals surface area contributed by atoms with Crippen LogP contribution in [0.3, 0.4) is 0 Å². The minimum Gasteiger partial charge on any atom is -0.413 e. The van der Waals surface area contributed by atoms with Gasteiger partial charge in [-0.2, -0.15) is 0 Å². The summed E-state index contributed by atoms with van der Waals surface area (Å²) in [5.74, 6) is 3.22. The van der Waals surface area contributed by atoms with E-state index in [0.29, 0.717) is 23.2 Å². The third kappa shape index (κ3) is 6.19. The molecular formula is C18H38O2Si2. The van der Waals surface area contributed by atoms with Crippen molar-refractivity contribution in [2.45, 2.75) is 90.8 Å². The van der Waals surface area contributed by atoms with Gasteiger partial charge in [0.25, 0.3) is 0 Å². The van der Waals surface area contributed by atoms with E-state index in [1.54, 1.807) is 0 Å². The first-order chi connectivity index (χ1) is 9.84. The van der Waals surface area contributed by atoms with Gasteiger partial charge < -0.3 is 9.53 Å². The van der Waals surface area contributed by atoms with Crippen LogP contribution in [-0.4, -0.2) is 34.2 Å². The topological polar surface area (TPSA) is 29.5 Å². The molecule has 0 aliphatic rings. The average molecular weight is 343 g/mol. The van der Waals surface area contributed by atoms with E-state index in [9.17, 15) is 5.11 Å². The van der Waals surface area contributed by atoms with Crippen LogP contribution in [0.1, 0.15) is 48.5 Å². The van der Waals surface area contributed by atoms with Crippen molar-refractivity contribution in [3.63, 3.8) is 0 Å². The van der Waals surface area contributed by atoms with E-state index < -0.39 is 22.5 Å². The molecule has 0 aromatic heterocycles. The number of hydrogen-bond acceptors (Lipinski definition) is 2. The molecule has 0 aliphatic heterocycles. The van der Waals surface area contributed by atoms with E-state index in [2.05, 4.69) is 72.6 Å². The van der Waals surface area contributed by atoms with Gasteiger partial charge in [-0.15, -0.1) is 11.5 Å². The van der Waals surface area contributed by atoms with Crippen LogP contribution in [0, 0.1) is 17.4 Å². The lowest BCUT2D eigenvalue weighted by Crippen LogP contribution is -2.49. The van der Waals surface area contributed by atoms with Crippen LogP contribution in [0.2, 0.25) is 36.3 Å². The van der Waals surface area contributed by atoms with Crippen molar-refractivity contribution in [3.8, 4) is 11.5 Å². The van der Waals surface area contributed by atoms with Crippen molar-refractivity contribution < 1.29 is 9.53 Å². The largest absolute Gasteiger partial charge is 0.413 e. The Labute approximate surface area is 141 Å². The van der Waals surface area contributed by atoms with Gasteiger partial charge >= 0.3 is 0 Å². The molecule has 0 spiro atoms. The summed E-state index contributed by atoms with van der Waals surface area (Å²) in [4.78, 5) is 0. The summed E-state index contributed by atoms with van der Waals surface area (Å²) in [5, 5.41) is 10.4. The molecule has 0 heterocycles. The maximum absolute atomic E-state index is 10.4. The average Bonchev–Trinajstić information content (AvgIpc) is 2.34. The molecule has 0 saturated heterocycles. The van der Waals surface area contributed by atoms with E-state index in [-0.39, 0.29) is 5.92 Å². The lowest BCUT2D eigenvalue weighted by atomic mass is 10.1. The molecule has 0 radical (unpaired) electrons. The van der Waals surface area contributed by atoms with Crippen molar-refractivity contribution >= 4 is 16.4 Å². The van der Waals surface area contributed by atoms with E-state index >= 15 is 0 Å². The lowest BCUT2D eigenvalue weighted by molar-refractivity contribution is 0.0738. The summed E-state index contributed by atoms with van der Waals surface area (Å²) in [6.07, 6.45) is -0.494. The van der Waals surface area contributed by atoms with Gasteiger partial charge in [0, 0.05) is 5.92 Å².